The monoisotopic (exact) mass is 389 g/mol. The van der Waals surface area contributed by atoms with Gasteiger partial charge in [0.05, 0.1) is 22.9 Å². The van der Waals surface area contributed by atoms with Crippen LogP contribution in [0.3, 0.4) is 0 Å². The molecule has 3 nitrogen and oxygen atoms in total. The van der Waals surface area contributed by atoms with Gasteiger partial charge in [0.25, 0.3) is 0 Å². The van der Waals surface area contributed by atoms with Crippen LogP contribution in [0.25, 0.3) is 16.6 Å². The van der Waals surface area contributed by atoms with Gasteiger partial charge in [-0.05, 0) is 53.5 Å². The van der Waals surface area contributed by atoms with Crippen molar-refractivity contribution in [3.05, 3.63) is 71.3 Å². The molecule has 1 aromatic heterocycles. The van der Waals surface area contributed by atoms with Gasteiger partial charge in [-0.1, -0.05) is 12.1 Å². The standard InChI is InChI=1S/C21H19F4N3/c1-27-13-26-19-5-4-15(9-20(19)27)16-3-2-6-28(12-16)11-14-7-17(21(23,24)25)10-18(22)8-14/h3-5,7-10,13H,2,6,11-12H2,1H3. The number of hydrogen-bond acceptors (Lipinski definition) is 2. The van der Waals surface area contributed by atoms with Gasteiger partial charge in [0.15, 0.2) is 0 Å². The number of rotatable bonds is 3. The predicted molar refractivity (Wildman–Crippen MR) is 100.0 cm³/mol. The molecule has 2 aromatic carbocycles. The van der Waals surface area contributed by atoms with E-state index in [9.17, 15) is 17.6 Å². The van der Waals surface area contributed by atoms with Crippen LogP contribution < -0.4 is 0 Å². The maximum absolute atomic E-state index is 13.7. The van der Waals surface area contributed by atoms with Crippen molar-refractivity contribution in [2.45, 2.75) is 19.1 Å². The summed E-state index contributed by atoms with van der Waals surface area (Å²) in [6.07, 6.45) is 0.154. The largest absolute Gasteiger partial charge is 0.416 e. The summed E-state index contributed by atoms with van der Waals surface area (Å²) in [4.78, 5) is 6.36. The Morgan fingerprint density at radius 3 is 2.71 bits per heavy atom. The first-order chi connectivity index (χ1) is 13.3. The molecule has 7 heteroatoms. The zero-order valence-corrected chi connectivity index (χ0v) is 15.3. The third kappa shape index (κ3) is 3.80. The third-order valence-corrected chi connectivity index (χ3v) is 5.02. The summed E-state index contributed by atoms with van der Waals surface area (Å²) in [5.74, 6) is -0.862. The number of halogens is 4. The Morgan fingerprint density at radius 1 is 1.11 bits per heavy atom. The normalized spacial score (nSPS) is 15.8. The molecule has 1 aliphatic rings. The Kier molecular flexibility index (Phi) is 4.71. The van der Waals surface area contributed by atoms with Crippen molar-refractivity contribution in [1.29, 1.82) is 0 Å². The maximum Gasteiger partial charge on any atom is 0.416 e. The molecule has 2 heterocycles. The van der Waals surface area contributed by atoms with Gasteiger partial charge in [0, 0.05) is 26.7 Å². The minimum atomic E-state index is -4.55. The van der Waals surface area contributed by atoms with Crippen molar-refractivity contribution in [3.63, 3.8) is 0 Å². The van der Waals surface area contributed by atoms with Gasteiger partial charge in [0.1, 0.15) is 5.82 Å². The molecular weight excluding hydrogens is 370 g/mol. The van der Waals surface area contributed by atoms with Gasteiger partial charge in [-0.15, -0.1) is 0 Å². The highest BCUT2D eigenvalue weighted by molar-refractivity contribution is 5.81. The molecule has 0 spiro atoms. The maximum atomic E-state index is 13.7. The molecule has 0 unspecified atom stereocenters. The minimum Gasteiger partial charge on any atom is -0.334 e. The molecule has 0 saturated carbocycles. The van der Waals surface area contributed by atoms with E-state index in [0.717, 1.165) is 41.2 Å². The highest BCUT2D eigenvalue weighted by Crippen LogP contribution is 2.31. The molecule has 4 rings (SSSR count). The van der Waals surface area contributed by atoms with Crippen LogP contribution in [0.2, 0.25) is 0 Å². The van der Waals surface area contributed by atoms with Crippen molar-refractivity contribution in [2.75, 3.05) is 13.1 Å². The lowest BCUT2D eigenvalue weighted by Crippen LogP contribution is -2.29. The quantitative estimate of drug-likeness (QED) is 0.587. The molecule has 0 radical (unpaired) electrons. The minimum absolute atomic E-state index is 0.270. The summed E-state index contributed by atoms with van der Waals surface area (Å²) in [6, 6.07) is 8.79. The zero-order valence-electron chi connectivity index (χ0n) is 15.3. The fourth-order valence-corrected chi connectivity index (χ4v) is 3.64. The highest BCUT2D eigenvalue weighted by atomic mass is 19.4. The van der Waals surface area contributed by atoms with Gasteiger partial charge in [-0.2, -0.15) is 13.2 Å². The molecule has 0 amide bonds. The van der Waals surface area contributed by atoms with Gasteiger partial charge in [-0.3, -0.25) is 4.90 Å². The summed E-state index contributed by atoms with van der Waals surface area (Å²) in [7, 11) is 1.93. The molecule has 0 atom stereocenters. The van der Waals surface area contributed by atoms with Crippen molar-refractivity contribution in [1.82, 2.24) is 14.5 Å². The first kappa shape index (κ1) is 18.7. The molecule has 0 bridgehead atoms. The lowest BCUT2D eigenvalue weighted by molar-refractivity contribution is -0.137. The summed E-state index contributed by atoms with van der Waals surface area (Å²) >= 11 is 0. The van der Waals surface area contributed by atoms with E-state index in [1.54, 1.807) is 6.33 Å². The Morgan fingerprint density at radius 2 is 1.93 bits per heavy atom. The van der Waals surface area contributed by atoms with E-state index in [1.807, 2.05) is 28.6 Å². The third-order valence-electron chi connectivity index (χ3n) is 5.02. The van der Waals surface area contributed by atoms with Crippen LogP contribution in [0.1, 0.15) is 23.1 Å². The lowest BCUT2D eigenvalue weighted by atomic mass is 10.00. The van der Waals surface area contributed by atoms with E-state index in [4.69, 9.17) is 0 Å². The molecule has 1 aliphatic heterocycles. The molecule has 28 heavy (non-hydrogen) atoms. The second-order valence-corrected chi connectivity index (χ2v) is 7.13. The molecule has 0 aliphatic carbocycles. The van der Waals surface area contributed by atoms with Crippen LogP contribution in [0, 0.1) is 5.82 Å². The van der Waals surface area contributed by atoms with E-state index >= 15 is 0 Å². The van der Waals surface area contributed by atoms with Crippen LogP contribution in [-0.4, -0.2) is 27.5 Å². The molecular formula is C21H19F4N3. The first-order valence-corrected chi connectivity index (χ1v) is 8.99. The zero-order chi connectivity index (χ0) is 19.9. The van der Waals surface area contributed by atoms with E-state index < -0.39 is 17.6 Å². The van der Waals surface area contributed by atoms with Gasteiger partial charge in [-0.25, -0.2) is 9.37 Å². The van der Waals surface area contributed by atoms with Gasteiger partial charge in [0.2, 0.25) is 0 Å². The summed E-state index contributed by atoms with van der Waals surface area (Å²) in [6.45, 7) is 1.59. The summed E-state index contributed by atoms with van der Waals surface area (Å²) in [5.41, 5.74) is 3.50. The van der Waals surface area contributed by atoms with Crippen molar-refractivity contribution >= 4 is 16.6 Å². The average molecular weight is 389 g/mol. The molecule has 0 N–H and O–H groups in total. The molecule has 0 fully saturated rings. The Labute approximate surface area is 159 Å². The first-order valence-electron chi connectivity index (χ1n) is 8.99. The molecule has 146 valence electrons. The highest BCUT2D eigenvalue weighted by Gasteiger charge is 2.31. The van der Waals surface area contributed by atoms with Gasteiger partial charge < -0.3 is 4.57 Å². The number of hydrogen-bond donors (Lipinski definition) is 0. The van der Waals surface area contributed by atoms with Crippen LogP contribution >= 0.6 is 0 Å². The summed E-state index contributed by atoms with van der Waals surface area (Å²) < 4.78 is 54.5. The van der Waals surface area contributed by atoms with Crippen LogP contribution in [-0.2, 0) is 19.8 Å². The lowest BCUT2D eigenvalue weighted by Gasteiger charge is -2.28. The van der Waals surface area contributed by atoms with E-state index in [-0.39, 0.29) is 6.54 Å². The number of benzene rings is 2. The fourth-order valence-electron chi connectivity index (χ4n) is 3.64. The number of fused-ring (bicyclic) bond motifs is 1. The van der Waals surface area contributed by atoms with Crippen molar-refractivity contribution in [3.8, 4) is 0 Å². The number of aromatic nitrogens is 2. The van der Waals surface area contributed by atoms with Crippen LogP contribution in [0.5, 0.6) is 0 Å². The Bertz CT molecular complexity index is 1050. The fraction of sp³-hybridized carbons (Fsp3) is 0.286. The molecule has 3 aromatic rings. The number of alkyl halides is 3. The van der Waals surface area contributed by atoms with Gasteiger partial charge >= 0.3 is 6.18 Å². The SMILES string of the molecule is Cn1cnc2ccc(C3=CCCN(Cc4cc(F)cc(C(F)(F)F)c4)C3)cc21. The van der Waals surface area contributed by atoms with Crippen LogP contribution in [0.15, 0.2) is 48.8 Å². The Balaban J connectivity index is 1.54. The second kappa shape index (κ2) is 7.05. The Hall–Kier alpha value is -2.67. The second-order valence-electron chi connectivity index (χ2n) is 7.13. The molecule has 0 saturated heterocycles. The average Bonchev–Trinajstić information content (AvgIpc) is 3.01. The smallest absolute Gasteiger partial charge is 0.334 e. The van der Waals surface area contributed by atoms with E-state index in [1.165, 1.54) is 6.07 Å². The van der Waals surface area contributed by atoms with E-state index in [2.05, 4.69) is 17.1 Å². The van der Waals surface area contributed by atoms with E-state index in [0.29, 0.717) is 18.2 Å². The van der Waals surface area contributed by atoms with Crippen molar-refractivity contribution < 1.29 is 17.6 Å². The summed E-state index contributed by atoms with van der Waals surface area (Å²) in [5, 5.41) is 0. The van der Waals surface area contributed by atoms with Crippen LogP contribution in [0.4, 0.5) is 17.6 Å². The number of nitrogens with zero attached hydrogens (tertiary/aromatic N) is 3. The predicted octanol–water partition coefficient (Wildman–Crippen LogP) is 5.02. The van der Waals surface area contributed by atoms with Crippen molar-refractivity contribution in [2.24, 2.45) is 7.05 Å². The topological polar surface area (TPSA) is 21.1 Å². The number of imidazole rings is 1. The number of aryl methyl sites for hydroxylation is 1.